The normalized spacial score (nSPS) is 11.5. The van der Waals surface area contributed by atoms with Gasteiger partial charge in [0, 0.05) is 0 Å². The molecule has 0 radical (unpaired) electrons. The van der Waals surface area contributed by atoms with Gasteiger partial charge in [-0.1, -0.05) is 40.9 Å². The minimum Gasteiger partial charge on any atom is -0.379 e. The lowest BCUT2D eigenvalue weighted by Crippen LogP contribution is -2.10. The van der Waals surface area contributed by atoms with Gasteiger partial charge < -0.3 is 4.18 Å². The fourth-order valence-electron chi connectivity index (χ4n) is 1.85. The highest BCUT2D eigenvalue weighted by molar-refractivity contribution is 7.87. The Kier molecular flexibility index (Phi) is 4.73. The Hall–Kier alpha value is -0.940. The van der Waals surface area contributed by atoms with Crippen LogP contribution in [0, 0.1) is 13.8 Å². The molecule has 112 valence electrons. The first-order valence-corrected chi connectivity index (χ1v) is 8.40. The van der Waals surface area contributed by atoms with Crippen molar-refractivity contribution in [2.75, 3.05) is 0 Å². The summed E-state index contributed by atoms with van der Waals surface area (Å²) in [5.74, 6) is 0.217. The lowest BCUT2D eigenvalue weighted by molar-refractivity contribution is 0.486. The first kappa shape index (κ1) is 16.4. The zero-order valence-corrected chi connectivity index (χ0v) is 14.2. The van der Waals surface area contributed by atoms with Gasteiger partial charge in [0.15, 0.2) is 0 Å². The summed E-state index contributed by atoms with van der Waals surface area (Å²) in [6, 6.07) is 7.59. The van der Waals surface area contributed by atoms with Crippen molar-refractivity contribution < 1.29 is 12.6 Å². The summed E-state index contributed by atoms with van der Waals surface area (Å²) in [7, 11) is -4.09. The molecule has 7 heteroatoms. The topological polar surface area (TPSA) is 43.4 Å². The van der Waals surface area contributed by atoms with E-state index in [1.165, 1.54) is 12.1 Å². The molecule has 0 aliphatic heterocycles. The summed E-state index contributed by atoms with van der Waals surface area (Å²) in [5.41, 5.74) is 1.78. The molecule has 0 atom stereocenters. The Morgan fingerprint density at radius 3 is 1.90 bits per heavy atom. The fraction of sp³-hybridized carbons (Fsp3) is 0.143. The third-order valence-corrected chi connectivity index (χ3v) is 5.08. The van der Waals surface area contributed by atoms with Gasteiger partial charge in [0.05, 0.1) is 15.1 Å². The summed E-state index contributed by atoms with van der Waals surface area (Å²) in [6.07, 6.45) is 0. The van der Waals surface area contributed by atoms with Crippen molar-refractivity contribution in [2.45, 2.75) is 18.7 Å². The Bertz CT molecular complexity index is 781. The lowest BCUT2D eigenvalue weighted by Gasteiger charge is -2.10. The molecule has 0 saturated heterocycles. The highest BCUT2D eigenvalue weighted by Crippen LogP contribution is 2.33. The summed E-state index contributed by atoms with van der Waals surface area (Å²) in [4.78, 5) is -0.224. The maximum Gasteiger partial charge on any atom is 0.340 e. The van der Waals surface area contributed by atoms with E-state index in [2.05, 4.69) is 0 Å². The van der Waals surface area contributed by atoms with Crippen LogP contribution < -0.4 is 4.18 Å². The van der Waals surface area contributed by atoms with Crippen molar-refractivity contribution in [3.05, 3.63) is 56.5 Å². The minimum absolute atomic E-state index is 0.0474. The average Bonchev–Trinajstić information content (AvgIpc) is 2.31. The van der Waals surface area contributed by atoms with Crippen LogP contribution in [0.15, 0.2) is 35.2 Å². The van der Waals surface area contributed by atoms with Crippen LogP contribution >= 0.6 is 34.8 Å². The van der Waals surface area contributed by atoms with Crippen molar-refractivity contribution in [1.82, 2.24) is 0 Å². The Morgan fingerprint density at radius 1 is 0.810 bits per heavy atom. The smallest absolute Gasteiger partial charge is 0.340 e. The molecule has 0 aliphatic carbocycles. The summed E-state index contributed by atoms with van der Waals surface area (Å²) >= 11 is 17.5. The lowest BCUT2D eigenvalue weighted by atomic mass is 10.1. The number of benzene rings is 2. The number of halogens is 3. The quantitative estimate of drug-likeness (QED) is 0.566. The first-order valence-electron chi connectivity index (χ1n) is 5.86. The Morgan fingerprint density at radius 2 is 1.33 bits per heavy atom. The molecule has 0 fully saturated rings. The van der Waals surface area contributed by atoms with Gasteiger partial charge in [-0.05, 0) is 49.2 Å². The minimum atomic E-state index is -4.09. The second kappa shape index (κ2) is 6.05. The highest BCUT2D eigenvalue weighted by Gasteiger charge is 2.22. The van der Waals surface area contributed by atoms with Gasteiger partial charge in [0.2, 0.25) is 0 Å². The molecule has 2 aromatic carbocycles. The van der Waals surface area contributed by atoms with Crippen molar-refractivity contribution in [3.63, 3.8) is 0 Å². The predicted molar refractivity (Wildman–Crippen MR) is 85.2 cm³/mol. The van der Waals surface area contributed by atoms with E-state index >= 15 is 0 Å². The molecule has 0 bridgehead atoms. The zero-order valence-electron chi connectivity index (χ0n) is 11.2. The molecule has 0 unspecified atom stereocenters. The van der Waals surface area contributed by atoms with Crippen LogP contribution in [0.25, 0.3) is 0 Å². The Balaban J connectivity index is 2.45. The van der Waals surface area contributed by atoms with Gasteiger partial charge in [0.25, 0.3) is 0 Å². The van der Waals surface area contributed by atoms with Gasteiger partial charge in [-0.15, -0.1) is 0 Å². The molecular formula is C14H11Cl3O3S. The van der Waals surface area contributed by atoms with Gasteiger partial charge in [-0.2, -0.15) is 8.42 Å². The van der Waals surface area contributed by atoms with E-state index in [1.807, 2.05) is 19.9 Å². The van der Waals surface area contributed by atoms with E-state index < -0.39 is 10.1 Å². The predicted octanol–water partition coefficient (Wildman–Crippen LogP) is 5.03. The molecular weight excluding hydrogens is 355 g/mol. The third kappa shape index (κ3) is 3.83. The summed E-state index contributed by atoms with van der Waals surface area (Å²) in [6.45, 7) is 3.69. The highest BCUT2D eigenvalue weighted by atomic mass is 35.5. The molecule has 0 amide bonds. The second-order valence-corrected chi connectivity index (χ2v) is 7.29. The third-order valence-electron chi connectivity index (χ3n) is 2.65. The van der Waals surface area contributed by atoms with E-state index in [-0.39, 0.29) is 25.7 Å². The van der Waals surface area contributed by atoms with Crippen LogP contribution in [0.1, 0.15) is 11.1 Å². The van der Waals surface area contributed by atoms with E-state index in [0.29, 0.717) is 0 Å². The SMILES string of the molecule is Cc1cc(C)cc(OS(=O)(=O)c2cc(Cl)c(Cl)cc2Cl)c1. The van der Waals surface area contributed by atoms with Gasteiger partial charge >= 0.3 is 10.1 Å². The van der Waals surface area contributed by atoms with Crippen LogP contribution in [0.4, 0.5) is 0 Å². The van der Waals surface area contributed by atoms with Crippen molar-refractivity contribution >= 4 is 44.9 Å². The molecule has 0 spiro atoms. The monoisotopic (exact) mass is 364 g/mol. The molecule has 0 aromatic heterocycles. The van der Waals surface area contributed by atoms with E-state index in [1.54, 1.807) is 12.1 Å². The van der Waals surface area contributed by atoms with Gasteiger partial charge in [0.1, 0.15) is 10.6 Å². The molecule has 21 heavy (non-hydrogen) atoms. The molecule has 0 heterocycles. The summed E-state index contributed by atoms with van der Waals surface area (Å²) in [5, 5.41) is 0.212. The van der Waals surface area contributed by atoms with Crippen LogP contribution in [0.2, 0.25) is 15.1 Å². The molecule has 0 aliphatic rings. The number of aryl methyl sites for hydroxylation is 2. The maximum atomic E-state index is 12.3. The average molecular weight is 366 g/mol. The van der Waals surface area contributed by atoms with Crippen LogP contribution in [0.5, 0.6) is 5.75 Å². The number of hydrogen-bond donors (Lipinski definition) is 0. The number of rotatable bonds is 3. The molecule has 2 rings (SSSR count). The van der Waals surface area contributed by atoms with Crippen molar-refractivity contribution in [2.24, 2.45) is 0 Å². The standard InChI is InChI=1S/C14H11Cl3O3S/c1-8-3-9(2)5-10(4-8)20-21(18,19)14-7-12(16)11(15)6-13(14)17/h3-7H,1-2H3. The summed E-state index contributed by atoms with van der Waals surface area (Å²) < 4.78 is 29.7. The van der Waals surface area contributed by atoms with Crippen LogP contribution in [-0.2, 0) is 10.1 Å². The molecule has 0 saturated carbocycles. The maximum absolute atomic E-state index is 12.3. The van der Waals surface area contributed by atoms with E-state index in [9.17, 15) is 8.42 Å². The molecule has 2 aromatic rings. The van der Waals surface area contributed by atoms with Crippen molar-refractivity contribution in [1.29, 1.82) is 0 Å². The van der Waals surface area contributed by atoms with Gasteiger partial charge in [-0.3, -0.25) is 0 Å². The number of hydrogen-bond acceptors (Lipinski definition) is 3. The van der Waals surface area contributed by atoms with E-state index in [4.69, 9.17) is 39.0 Å². The van der Waals surface area contributed by atoms with Crippen molar-refractivity contribution in [3.8, 4) is 5.75 Å². The van der Waals surface area contributed by atoms with Crippen LogP contribution in [0.3, 0.4) is 0 Å². The van der Waals surface area contributed by atoms with E-state index in [0.717, 1.165) is 11.1 Å². The molecule has 0 N–H and O–H groups in total. The molecule has 3 nitrogen and oxygen atoms in total. The Labute approximate surface area is 138 Å². The van der Waals surface area contributed by atoms with Gasteiger partial charge in [-0.25, -0.2) is 0 Å². The largest absolute Gasteiger partial charge is 0.379 e. The first-order chi connectivity index (χ1) is 9.69. The fourth-order valence-corrected chi connectivity index (χ4v) is 3.74. The zero-order chi connectivity index (χ0) is 15.8. The van der Waals surface area contributed by atoms with Crippen LogP contribution in [-0.4, -0.2) is 8.42 Å². The second-order valence-electron chi connectivity index (χ2n) is 4.56.